The Morgan fingerprint density at radius 1 is 1.35 bits per heavy atom. The van der Waals surface area contributed by atoms with Crippen LogP contribution in [0.25, 0.3) is 22.2 Å². The number of halogens is 1. The van der Waals surface area contributed by atoms with Crippen LogP contribution in [0.5, 0.6) is 0 Å². The zero-order valence-corrected chi connectivity index (χ0v) is 12.5. The van der Waals surface area contributed by atoms with Gasteiger partial charge in [0.15, 0.2) is 4.73 Å². The van der Waals surface area contributed by atoms with Gasteiger partial charge < -0.3 is 15.3 Å². The monoisotopic (exact) mass is 330 g/mol. The first kappa shape index (κ1) is 12.2. The van der Waals surface area contributed by atoms with Crippen LogP contribution in [0, 0.1) is 0 Å². The maximum Gasteiger partial charge on any atom is 0.177 e. The van der Waals surface area contributed by atoms with Crippen LogP contribution in [0.15, 0.2) is 35.2 Å². The molecule has 2 aromatic heterocycles. The third-order valence-corrected chi connectivity index (χ3v) is 4.64. The summed E-state index contributed by atoms with van der Waals surface area (Å²) in [4.78, 5) is 8.05. The number of para-hydroxylation sites is 1. The van der Waals surface area contributed by atoms with E-state index in [0.717, 1.165) is 35.3 Å². The molecule has 1 aliphatic rings. The van der Waals surface area contributed by atoms with Crippen LogP contribution in [-0.2, 0) is 13.0 Å². The van der Waals surface area contributed by atoms with Crippen LogP contribution in [0.2, 0.25) is 0 Å². The molecule has 3 N–H and O–H groups in total. The number of H-pyrrole nitrogens is 1. The molecule has 0 bridgehead atoms. The molecule has 0 saturated heterocycles. The molecule has 3 aromatic rings. The minimum absolute atomic E-state index is 0.226. The maximum atomic E-state index is 6.06. The molecule has 0 spiro atoms. The van der Waals surface area contributed by atoms with E-state index in [1.165, 1.54) is 16.6 Å². The molecule has 4 rings (SSSR count). The third kappa shape index (κ3) is 1.73. The van der Waals surface area contributed by atoms with Crippen LogP contribution in [0.4, 0.5) is 0 Å². The van der Waals surface area contributed by atoms with Crippen molar-refractivity contribution in [2.24, 2.45) is 5.73 Å². The van der Waals surface area contributed by atoms with Gasteiger partial charge in [0.25, 0.3) is 0 Å². The van der Waals surface area contributed by atoms with E-state index < -0.39 is 0 Å². The average Bonchev–Trinajstić information content (AvgIpc) is 3.01. The lowest BCUT2D eigenvalue weighted by Gasteiger charge is -2.21. The number of nitrogens with zero attached hydrogens (tertiary/aromatic N) is 2. The Morgan fingerprint density at radius 3 is 3.10 bits per heavy atom. The van der Waals surface area contributed by atoms with E-state index in [9.17, 15) is 0 Å². The van der Waals surface area contributed by atoms with Gasteiger partial charge in [0.05, 0.1) is 5.69 Å². The zero-order valence-electron chi connectivity index (χ0n) is 10.9. The number of nitrogens with one attached hydrogen (secondary N) is 1. The Balaban J connectivity index is 1.93. The highest BCUT2D eigenvalue weighted by atomic mass is 79.9. The molecule has 4 nitrogen and oxygen atoms in total. The molecule has 5 heteroatoms. The summed E-state index contributed by atoms with van der Waals surface area (Å²) in [6, 6.07) is 8.55. The van der Waals surface area contributed by atoms with Gasteiger partial charge in [-0.2, -0.15) is 0 Å². The van der Waals surface area contributed by atoms with Crippen molar-refractivity contribution in [1.29, 1.82) is 0 Å². The molecule has 0 radical (unpaired) electrons. The minimum Gasteiger partial charge on any atom is -0.360 e. The Bertz CT molecular complexity index is 786. The van der Waals surface area contributed by atoms with Gasteiger partial charge in [-0.3, -0.25) is 0 Å². The smallest absolute Gasteiger partial charge is 0.177 e. The number of hydrogen-bond donors (Lipinski definition) is 2. The van der Waals surface area contributed by atoms with Crippen LogP contribution >= 0.6 is 15.9 Å². The van der Waals surface area contributed by atoms with Gasteiger partial charge in [0.1, 0.15) is 0 Å². The number of aromatic amines is 1. The molecule has 0 amide bonds. The maximum absolute atomic E-state index is 6.06. The lowest BCUT2D eigenvalue weighted by molar-refractivity contribution is 0.455. The average molecular weight is 331 g/mol. The summed E-state index contributed by atoms with van der Waals surface area (Å²) in [5, 5.41) is 1.22. The topological polar surface area (TPSA) is 59.6 Å². The first-order valence-corrected chi connectivity index (χ1v) is 7.60. The summed E-state index contributed by atoms with van der Waals surface area (Å²) in [6.07, 6.45) is 4.05. The second kappa shape index (κ2) is 4.46. The van der Waals surface area contributed by atoms with E-state index >= 15 is 0 Å². The predicted molar refractivity (Wildman–Crippen MR) is 83.5 cm³/mol. The fourth-order valence-corrected chi connectivity index (χ4v) is 3.56. The summed E-state index contributed by atoms with van der Waals surface area (Å²) in [6.45, 7) is 0.839. The Morgan fingerprint density at radius 2 is 2.20 bits per heavy atom. The molecule has 1 aliphatic heterocycles. The largest absolute Gasteiger partial charge is 0.360 e. The standard InChI is InChI=1S/C15H15BrN4/c16-15-19-14(13-6-5-9(17)8-20(13)15)11-7-18-12-4-2-1-3-10(11)12/h1-4,7,9,18H,5-6,8,17H2. The van der Waals surface area contributed by atoms with E-state index in [-0.39, 0.29) is 6.04 Å². The van der Waals surface area contributed by atoms with Crippen molar-refractivity contribution in [3.8, 4) is 11.3 Å². The van der Waals surface area contributed by atoms with E-state index in [2.05, 4.69) is 49.9 Å². The second-order valence-corrected chi connectivity index (χ2v) is 6.04. The van der Waals surface area contributed by atoms with Crippen molar-refractivity contribution in [2.75, 3.05) is 0 Å². The SMILES string of the molecule is NC1CCc2c(-c3c[nH]c4ccccc34)nc(Br)n2C1. The molecular formula is C15H15BrN4. The molecule has 1 unspecified atom stereocenters. The summed E-state index contributed by atoms with van der Waals surface area (Å²) in [5.74, 6) is 0. The normalized spacial score (nSPS) is 18.4. The number of hydrogen-bond acceptors (Lipinski definition) is 2. The lowest BCUT2D eigenvalue weighted by Crippen LogP contribution is -2.31. The van der Waals surface area contributed by atoms with Gasteiger partial charge in [0.2, 0.25) is 0 Å². The van der Waals surface area contributed by atoms with Gasteiger partial charge >= 0.3 is 0 Å². The van der Waals surface area contributed by atoms with Crippen molar-refractivity contribution < 1.29 is 0 Å². The predicted octanol–water partition coefficient (Wildman–Crippen LogP) is 3.07. The molecule has 102 valence electrons. The number of imidazole rings is 1. The summed E-state index contributed by atoms with van der Waals surface area (Å²) in [7, 11) is 0. The molecule has 20 heavy (non-hydrogen) atoms. The van der Waals surface area contributed by atoms with Crippen molar-refractivity contribution in [2.45, 2.75) is 25.4 Å². The first-order valence-electron chi connectivity index (χ1n) is 6.81. The second-order valence-electron chi connectivity index (χ2n) is 5.33. The molecule has 0 fully saturated rings. The van der Waals surface area contributed by atoms with Crippen molar-refractivity contribution >= 4 is 26.8 Å². The van der Waals surface area contributed by atoms with E-state index in [4.69, 9.17) is 10.7 Å². The molecule has 1 atom stereocenters. The molecule has 3 heterocycles. The number of nitrogens with two attached hydrogens (primary N) is 1. The highest BCUT2D eigenvalue weighted by molar-refractivity contribution is 9.10. The fraction of sp³-hybridized carbons (Fsp3) is 0.267. The lowest BCUT2D eigenvalue weighted by atomic mass is 10.0. The fourth-order valence-electron chi connectivity index (χ4n) is 3.03. The van der Waals surface area contributed by atoms with Crippen LogP contribution in [-0.4, -0.2) is 20.6 Å². The number of benzene rings is 1. The highest BCUT2D eigenvalue weighted by Gasteiger charge is 2.24. The Hall–Kier alpha value is -1.59. The molecule has 0 saturated carbocycles. The first-order chi connectivity index (χ1) is 9.74. The van der Waals surface area contributed by atoms with Gasteiger partial charge in [-0.1, -0.05) is 18.2 Å². The van der Waals surface area contributed by atoms with Crippen LogP contribution < -0.4 is 5.73 Å². The van der Waals surface area contributed by atoms with E-state index in [1.54, 1.807) is 0 Å². The van der Waals surface area contributed by atoms with E-state index in [1.807, 2.05) is 6.07 Å². The van der Waals surface area contributed by atoms with Crippen LogP contribution in [0.3, 0.4) is 0 Å². The Kier molecular flexibility index (Phi) is 2.72. The quantitative estimate of drug-likeness (QED) is 0.720. The highest BCUT2D eigenvalue weighted by Crippen LogP contribution is 2.34. The minimum atomic E-state index is 0.226. The van der Waals surface area contributed by atoms with Gasteiger partial charge in [-0.05, 0) is 34.8 Å². The van der Waals surface area contributed by atoms with Crippen molar-refractivity contribution in [3.05, 3.63) is 40.9 Å². The van der Waals surface area contributed by atoms with Crippen molar-refractivity contribution in [3.63, 3.8) is 0 Å². The van der Waals surface area contributed by atoms with E-state index in [0.29, 0.717) is 0 Å². The third-order valence-electron chi connectivity index (χ3n) is 4.04. The molecular weight excluding hydrogens is 316 g/mol. The summed E-state index contributed by atoms with van der Waals surface area (Å²) in [5.41, 5.74) is 10.7. The number of aromatic nitrogens is 3. The van der Waals surface area contributed by atoms with Gasteiger partial charge in [-0.25, -0.2) is 4.98 Å². The zero-order chi connectivity index (χ0) is 13.7. The van der Waals surface area contributed by atoms with Gasteiger partial charge in [0, 0.05) is 40.9 Å². The van der Waals surface area contributed by atoms with Crippen LogP contribution in [0.1, 0.15) is 12.1 Å². The number of fused-ring (bicyclic) bond motifs is 2. The van der Waals surface area contributed by atoms with Crippen molar-refractivity contribution in [1.82, 2.24) is 14.5 Å². The molecule has 1 aromatic carbocycles. The van der Waals surface area contributed by atoms with Gasteiger partial charge in [-0.15, -0.1) is 0 Å². The molecule has 0 aliphatic carbocycles. The summed E-state index contributed by atoms with van der Waals surface area (Å²) < 4.78 is 3.08. The summed E-state index contributed by atoms with van der Waals surface area (Å²) >= 11 is 3.57. The Labute approximate surface area is 125 Å². The number of rotatable bonds is 1.